The van der Waals surface area contributed by atoms with Crippen molar-refractivity contribution in [2.24, 2.45) is 0 Å². The molecule has 0 aliphatic carbocycles. The summed E-state index contributed by atoms with van der Waals surface area (Å²) < 4.78 is 0. The van der Waals surface area contributed by atoms with Gasteiger partial charge in [-0.25, -0.2) is 0 Å². The number of nitriles is 1. The first-order chi connectivity index (χ1) is 3.83. The molecular formula is C5H9NO2. The fraction of sp³-hybridized carbons (Fsp3) is 0.600. The number of hydrogen-bond donors (Lipinski definition) is 1. The number of carboxylic acid groups (broad SMARTS) is 1. The van der Waals surface area contributed by atoms with Gasteiger partial charge in [-0.05, 0) is 6.42 Å². The molecule has 0 atom stereocenters. The van der Waals surface area contributed by atoms with Gasteiger partial charge in [0.25, 0.3) is 6.47 Å². The van der Waals surface area contributed by atoms with Gasteiger partial charge in [-0.2, -0.15) is 5.26 Å². The smallest absolute Gasteiger partial charge is 0.290 e. The zero-order valence-corrected chi connectivity index (χ0v) is 4.79. The molecule has 0 aliphatic rings. The van der Waals surface area contributed by atoms with Crippen LogP contribution in [-0.4, -0.2) is 11.6 Å². The number of unbranched alkanes of at least 4 members (excludes halogenated alkanes) is 1. The second-order valence-electron chi connectivity index (χ2n) is 1.01. The van der Waals surface area contributed by atoms with Crippen molar-refractivity contribution in [2.45, 2.75) is 19.8 Å². The number of rotatable bonds is 1. The second kappa shape index (κ2) is 16.7. The van der Waals surface area contributed by atoms with Crippen LogP contribution in [0.3, 0.4) is 0 Å². The summed E-state index contributed by atoms with van der Waals surface area (Å²) in [4.78, 5) is 8.36. The third-order valence-corrected chi connectivity index (χ3v) is 0.362. The van der Waals surface area contributed by atoms with Gasteiger partial charge in [0.05, 0.1) is 6.07 Å². The molecule has 0 fully saturated rings. The molecule has 3 heteroatoms. The van der Waals surface area contributed by atoms with E-state index in [-0.39, 0.29) is 6.47 Å². The lowest BCUT2D eigenvalue weighted by Gasteiger charge is -1.65. The fourth-order valence-electron chi connectivity index (χ4n) is 0.112. The molecular weight excluding hydrogens is 106 g/mol. The maximum atomic E-state index is 8.36. The summed E-state index contributed by atoms with van der Waals surface area (Å²) in [5.41, 5.74) is 0. The Labute approximate surface area is 48.6 Å². The predicted molar refractivity (Wildman–Crippen MR) is 29.2 cm³/mol. The molecule has 0 aromatic rings. The lowest BCUT2D eigenvalue weighted by Crippen LogP contribution is -1.53. The van der Waals surface area contributed by atoms with Crippen LogP contribution in [0.25, 0.3) is 0 Å². The number of hydrogen-bond acceptors (Lipinski definition) is 2. The van der Waals surface area contributed by atoms with Crippen LogP contribution in [0.5, 0.6) is 0 Å². The molecule has 3 nitrogen and oxygen atoms in total. The topological polar surface area (TPSA) is 61.1 Å². The van der Waals surface area contributed by atoms with Gasteiger partial charge in [0.1, 0.15) is 0 Å². The molecule has 0 bridgehead atoms. The summed E-state index contributed by atoms with van der Waals surface area (Å²) >= 11 is 0. The molecule has 0 aromatic carbocycles. The van der Waals surface area contributed by atoms with Crippen LogP contribution >= 0.6 is 0 Å². The molecule has 46 valence electrons. The van der Waals surface area contributed by atoms with E-state index in [0.29, 0.717) is 6.42 Å². The minimum absolute atomic E-state index is 0.250. The minimum atomic E-state index is -0.250. The summed E-state index contributed by atoms with van der Waals surface area (Å²) in [6, 6.07) is 2.02. The molecule has 0 rings (SSSR count). The molecule has 0 spiro atoms. The van der Waals surface area contributed by atoms with Gasteiger partial charge >= 0.3 is 0 Å². The maximum Gasteiger partial charge on any atom is 0.290 e. The molecule has 0 radical (unpaired) electrons. The number of carbonyl (C=O) groups is 1. The zero-order valence-electron chi connectivity index (χ0n) is 4.79. The molecule has 0 saturated carbocycles. The summed E-state index contributed by atoms with van der Waals surface area (Å²) in [6.07, 6.45) is 1.68. The first kappa shape index (κ1) is 10.0. The van der Waals surface area contributed by atoms with Gasteiger partial charge in [-0.1, -0.05) is 6.92 Å². The highest BCUT2D eigenvalue weighted by molar-refractivity contribution is 5.32. The van der Waals surface area contributed by atoms with E-state index < -0.39 is 0 Å². The number of nitrogens with zero attached hydrogens (tertiary/aromatic N) is 1. The highest BCUT2D eigenvalue weighted by Gasteiger charge is 1.65. The van der Waals surface area contributed by atoms with Crippen molar-refractivity contribution in [3.05, 3.63) is 0 Å². The Morgan fingerprint density at radius 1 is 1.88 bits per heavy atom. The molecule has 0 amide bonds. The molecule has 1 N–H and O–H groups in total. The van der Waals surface area contributed by atoms with E-state index in [1.165, 1.54) is 0 Å². The molecule has 0 aliphatic heterocycles. The zero-order chi connectivity index (χ0) is 6.83. The molecule has 0 unspecified atom stereocenters. The van der Waals surface area contributed by atoms with Crippen LogP contribution in [-0.2, 0) is 4.79 Å². The minimum Gasteiger partial charge on any atom is -0.483 e. The van der Waals surface area contributed by atoms with Crippen molar-refractivity contribution in [1.82, 2.24) is 0 Å². The van der Waals surface area contributed by atoms with E-state index in [0.717, 1.165) is 6.42 Å². The maximum absolute atomic E-state index is 8.36. The van der Waals surface area contributed by atoms with Gasteiger partial charge in [-0.3, -0.25) is 4.79 Å². The Bertz CT molecular complexity index is 75.0. The van der Waals surface area contributed by atoms with Crippen LogP contribution in [0.15, 0.2) is 0 Å². The van der Waals surface area contributed by atoms with Gasteiger partial charge in [0, 0.05) is 6.42 Å². The van der Waals surface area contributed by atoms with Crippen LogP contribution in [0, 0.1) is 11.3 Å². The monoisotopic (exact) mass is 115 g/mol. The summed E-state index contributed by atoms with van der Waals surface area (Å²) in [6.45, 7) is 1.74. The van der Waals surface area contributed by atoms with Crippen molar-refractivity contribution in [3.63, 3.8) is 0 Å². The van der Waals surface area contributed by atoms with Crippen molar-refractivity contribution in [2.75, 3.05) is 0 Å². The van der Waals surface area contributed by atoms with Gasteiger partial charge in [0.15, 0.2) is 0 Å². The van der Waals surface area contributed by atoms with Crippen LogP contribution in [0.2, 0.25) is 0 Å². The second-order valence-corrected chi connectivity index (χ2v) is 1.01. The van der Waals surface area contributed by atoms with Crippen molar-refractivity contribution < 1.29 is 9.90 Å². The van der Waals surface area contributed by atoms with Gasteiger partial charge in [-0.15, -0.1) is 0 Å². The van der Waals surface area contributed by atoms with Crippen LogP contribution in [0.4, 0.5) is 0 Å². The average Bonchev–Trinajstić information content (AvgIpc) is 1.71. The first-order valence-corrected chi connectivity index (χ1v) is 2.28. The first-order valence-electron chi connectivity index (χ1n) is 2.28. The van der Waals surface area contributed by atoms with E-state index in [4.69, 9.17) is 15.2 Å². The predicted octanol–water partition coefficient (Wildman–Crippen LogP) is 1.01. The Hall–Kier alpha value is -1.04. The Morgan fingerprint density at radius 2 is 2.25 bits per heavy atom. The van der Waals surface area contributed by atoms with E-state index in [1.807, 2.05) is 13.0 Å². The third-order valence-electron chi connectivity index (χ3n) is 0.362. The van der Waals surface area contributed by atoms with E-state index in [1.54, 1.807) is 0 Å². The van der Waals surface area contributed by atoms with Crippen LogP contribution < -0.4 is 0 Å². The largest absolute Gasteiger partial charge is 0.483 e. The van der Waals surface area contributed by atoms with Crippen molar-refractivity contribution in [3.8, 4) is 6.07 Å². The molecule has 0 saturated heterocycles. The lowest BCUT2D eigenvalue weighted by molar-refractivity contribution is -0.122. The molecule has 0 aromatic heterocycles. The van der Waals surface area contributed by atoms with Gasteiger partial charge < -0.3 is 5.11 Å². The third kappa shape index (κ3) is 84.4. The van der Waals surface area contributed by atoms with E-state index >= 15 is 0 Å². The quantitative estimate of drug-likeness (QED) is 0.519. The normalized spacial score (nSPS) is 5.50. The highest BCUT2D eigenvalue weighted by Crippen LogP contribution is 1.77. The fourth-order valence-corrected chi connectivity index (χ4v) is 0.112. The Kier molecular flexibility index (Phi) is 21.0. The Balaban J connectivity index is 0. The van der Waals surface area contributed by atoms with Gasteiger partial charge in [0.2, 0.25) is 0 Å². The van der Waals surface area contributed by atoms with Crippen molar-refractivity contribution in [1.29, 1.82) is 5.26 Å². The van der Waals surface area contributed by atoms with E-state index in [9.17, 15) is 0 Å². The average molecular weight is 115 g/mol. The van der Waals surface area contributed by atoms with Crippen LogP contribution in [0.1, 0.15) is 19.8 Å². The molecule has 8 heavy (non-hydrogen) atoms. The summed E-state index contributed by atoms with van der Waals surface area (Å²) in [7, 11) is 0. The Morgan fingerprint density at radius 3 is 2.25 bits per heavy atom. The highest BCUT2D eigenvalue weighted by atomic mass is 16.3. The van der Waals surface area contributed by atoms with E-state index in [2.05, 4.69) is 0 Å². The standard InChI is InChI=1S/C4H7N.CH2O2/c1-2-3-4-5;2-1-3/h2-3H2,1H3;1H,(H,2,3). The lowest BCUT2D eigenvalue weighted by atomic mass is 10.4. The van der Waals surface area contributed by atoms with Crippen molar-refractivity contribution >= 4 is 6.47 Å². The summed E-state index contributed by atoms with van der Waals surface area (Å²) in [5, 5.41) is 14.7. The summed E-state index contributed by atoms with van der Waals surface area (Å²) in [5.74, 6) is 0. The SMILES string of the molecule is CCCC#N.O=CO. The molecule has 0 heterocycles.